The summed E-state index contributed by atoms with van der Waals surface area (Å²) in [6, 6.07) is 0. The number of ether oxygens (including phenoxy) is 2. The van der Waals surface area contributed by atoms with Gasteiger partial charge in [0.1, 0.15) is 11.3 Å². The van der Waals surface area contributed by atoms with Crippen LogP contribution in [0.5, 0.6) is 0 Å². The first kappa shape index (κ1) is 30.5. The SMILES string of the molecule is CC(C)(C)OC(=O)N1CCC(C(=O)N2CCN(c3nc(-c4cnc(N)nc4C(F)F)nc(N4CCOCC4)n3)CC2)CC1. The number of nitrogens with two attached hydrogens (primary N) is 1. The molecular weight excluding hydrogens is 566 g/mol. The number of amides is 2. The number of hydrogen-bond donors (Lipinski definition) is 1. The summed E-state index contributed by atoms with van der Waals surface area (Å²) in [6.07, 6.45) is -0.900. The summed E-state index contributed by atoms with van der Waals surface area (Å²) in [5.74, 6) is 0.321. The highest BCUT2D eigenvalue weighted by Crippen LogP contribution is 2.30. The molecule has 14 nitrogen and oxygen atoms in total. The Labute approximate surface area is 248 Å². The monoisotopic (exact) mass is 604 g/mol. The number of rotatable bonds is 5. The second-order valence-corrected chi connectivity index (χ2v) is 11.7. The fourth-order valence-electron chi connectivity index (χ4n) is 5.29. The minimum atomic E-state index is -2.90. The van der Waals surface area contributed by atoms with Crippen LogP contribution < -0.4 is 15.5 Å². The Bertz CT molecular complexity index is 1310. The van der Waals surface area contributed by atoms with Crippen LogP contribution in [0.4, 0.5) is 31.4 Å². The van der Waals surface area contributed by atoms with Crippen LogP contribution in [0.1, 0.15) is 45.7 Å². The topological polar surface area (TPSA) is 156 Å². The lowest BCUT2D eigenvalue weighted by Crippen LogP contribution is -2.52. The molecule has 16 heteroatoms. The predicted octanol–water partition coefficient (Wildman–Crippen LogP) is 1.98. The third kappa shape index (κ3) is 7.35. The molecule has 5 heterocycles. The lowest BCUT2D eigenvalue weighted by molar-refractivity contribution is -0.137. The number of halogens is 2. The minimum absolute atomic E-state index is 0.0195. The molecule has 3 aliphatic heterocycles. The first-order chi connectivity index (χ1) is 20.5. The molecule has 3 saturated heterocycles. The molecule has 2 aromatic rings. The number of nitrogens with zero attached hydrogens (tertiary/aromatic N) is 9. The number of hydrogen-bond acceptors (Lipinski definition) is 12. The van der Waals surface area contributed by atoms with E-state index in [9.17, 15) is 18.4 Å². The third-order valence-electron chi connectivity index (χ3n) is 7.56. The van der Waals surface area contributed by atoms with Gasteiger partial charge in [0.25, 0.3) is 6.43 Å². The third-order valence-corrected chi connectivity index (χ3v) is 7.56. The van der Waals surface area contributed by atoms with Gasteiger partial charge in [-0.3, -0.25) is 4.79 Å². The zero-order valence-electron chi connectivity index (χ0n) is 24.7. The molecule has 0 aliphatic carbocycles. The Balaban J connectivity index is 1.28. The summed E-state index contributed by atoms with van der Waals surface area (Å²) in [4.78, 5) is 54.4. The summed E-state index contributed by atoms with van der Waals surface area (Å²) in [6.45, 7) is 10.3. The van der Waals surface area contributed by atoms with Crippen molar-refractivity contribution in [1.29, 1.82) is 0 Å². The fraction of sp³-hybridized carbons (Fsp3) is 0.667. The summed E-state index contributed by atoms with van der Waals surface area (Å²) in [7, 11) is 0. The Morgan fingerprint density at radius 3 is 2.09 bits per heavy atom. The first-order valence-corrected chi connectivity index (χ1v) is 14.5. The van der Waals surface area contributed by atoms with Gasteiger partial charge < -0.3 is 34.8 Å². The number of nitrogen functional groups attached to an aromatic ring is 1. The van der Waals surface area contributed by atoms with Crippen LogP contribution in [0.2, 0.25) is 0 Å². The summed E-state index contributed by atoms with van der Waals surface area (Å²) < 4.78 is 38.7. The highest BCUT2D eigenvalue weighted by molar-refractivity contribution is 5.79. The van der Waals surface area contributed by atoms with E-state index in [-0.39, 0.29) is 35.3 Å². The van der Waals surface area contributed by atoms with Crippen LogP contribution in [-0.4, -0.2) is 118 Å². The molecule has 0 bridgehead atoms. The standard InChI is InChI=1S/C27H38F2N10O4/c1-27(2,3)43-26(41)39-6-4-17(5-7-39)22(40)36-8-10-37(11-9-36)24-33-21(18-16-31-23(30)32-19(18)20(28)29)34-25(35-24)38-12-14-42-15-13-38/h16-17,20H,4-15H2,1-3H3,(H2,30,31,32). The second kappa shape index (κ2) is 12.7. The largest absolute Gasteiger partial charge is 0.444 e. The zero-order chi connectivity index (χ0) is 30.7. The summed E-state index contributed by atoms with van der Waals surface area (Å²) in [5.41, 5.74) is 4.44. The van der Waals surface area contributed by atoms with Crippen molar-refractivity contribution in [3.8, 4) is 11.4 Å². The van der Waals surface area contributed by atoms with Crippen molar-refractivity contribution >= 4 is 29.8 Å². The Morgan fingerprint density at radius 2 is 1.51 bits per heavy atom. The maximum absolute atomic E-state index is 13.9. The van der Waals surface area contributed by atoms with Crippen LogP contribution in [0, 0.1) is 5.92 Å². The maximum atomic E-state index is 13.9. The molecule has 0 atom stereocenters. The number of likely N-dealkylation sites (tertiary alicyclic amines) is 1. The van der Waals surface area contributed by atoms with Gasteiger partial charge in [-0.15, -0.1) is 0 Å². The van der Waals surface area contributed by atoms with Crippen LogP contribution in [0.25, 0.3) is 11.4 Å². The van der Waals surface area contributed by atoms with E-state index in [4.69, 9.17) is 15.2 Å². The van der Waals surface area contributed by atoms with Crippen molar-refractivity contribution in [2.45, 2.75) is 45.6 Å². The van der Waals surface area contributed by atoms with Crippen molar-refractivity contribution in [1.82, 2.24) is 34.7 Å². The van der Waals surface area contributed by atoms with Crippen molar-refractivity contribution in [2.24, 2.45) is 5.92 Å². The molecule has 0 unspecified atom stereocenters. The highest BCUT2D eigenvalue weighted by atomic mass is 19.3. The number of alkyl halides is 2. The molecule has 43 heavy (non-hydrogen) atoms. The van der Waals surface area contributed by atoms with E-state index < -0.39 is 17.7 Å². The second-order valence-electron chi connectivity index (χ2n) is 11.7. The molecule has 3 aliphatic rings. The lowest BCUT2D eigenvalue weighted by atomic mass is 9.95. The van der Waals surface area contributed by atoms with Gasteiger partial charge in [-0.2, -0.15) is 15.0 Å². The molecule has 3 fully saturated rings. The van der Waals surface area contributed by atoms with Crippen LogP contribution in [0.3, 0.4) is 0 Å². The Hall–Kier alpha value is -3.95. The highest BCUT2D eigenvalue weighted by Gasteiger charge is 2.34. The van der Waals surface area contributed by atoms with Gasteiger partial charge in [0.2, 0.25) is 23.8 Å². The molecule has 2 N–H and O–H groups in total. The van der Waals surface area contributed by atoms with Crippen LogP contribution in [-0.2, 0) is 14.3 Å². The van der Waals surface area contributed by atoms with Gasteiger partial charge in [-0.25, -0.2) is 23.5 Å². The van der Waals surface area contributed by atoms with E-state index in [2.05, 4.69) is 24.9 Å². The van der Waals surface area contributed by atoms with Gasteiger partial charge in [0, 0.05) is 64.5 Å². The van der Waals surface area contributed by atoms with Gasteiger partial charge in [-0.05, 0) is 33.6 Å². The summed E-state index contributed by atoms with van der Waals surface area (Å²) in [5, 5.41) is 0. The van der Waals surface area contributed by atoms with E-state index in [1.54, 1.807) is 4.90 Å². The number of carbonyl (C=O) groups excluding carboxylic acids is 2. The number of piperazine rings is 1. The smallest absolute Gasteiger partial charge is 0.410 e. The lowest BCUT2D eigenvalue weighted by Gasteiger charge is -2.39. The van der Waals surface area contributed by atoms with Gasteiger partial charge >= 0.3 is 6.09 Å². The fourth-order valence-corrected chi connectivity index (χ4v) is 5.29. The predicted molar refractivity (Wildman–Crippen MR) is 153 cm³/mol. The zero-order valence-corrected chi connectivity index (χ0v) is 24.7. The van der Waals surface area contributed by atoms with E-state index >= 15 is 0 Å². The van der Waals surface area contributed by atoms with E-state index in [1.807, 2.05) is 35.5 Å². The van der Waals surface area contributed by atoms with Crippen molar-refractivity contribution in [3.05, 3.63) is 11.9 Å². The van der Waals surface area contributed by atoms with Crippen LogP contribution >= 0.6 is 0 Å². The first-order valence-electron chi connectivity index (χ1n) is 14.5. The quantitative estimate of drug-likeness (QED) is 0.530. The molecular formula is C27H38F2N10O4. The van der Waals surface area contributed by atoms with E-state index in [0.29, 0.717) is 90.3 Å². The molecule has 0 spiro atoms. The van der Waals surface area contributed by atoms with Gasteiger partial charge in [-0.1, -0.05) is 0 Å². The molecule has 0 aromatic carbocycles. The van der Waals surface area contributed by atoms with Crippen LogP contribution in [0.15, 0.2) is 6.20 Å². The number of morpholine rings is 1. The van der Waals surface area contributed by atoms with E-state index in [0.717, 1.165) is 0 Å². The number of piperidine rings is 1. The molecule has 5 rings (SSSR count). The number of aromatic nitrogens is 5. The summed E-state index contributed by atoms with van der Waals surface area (Å²) >= 11 is 0. The molecule has 2 aromatic heterocycles. The maximum Gasteiger partial charge on any atom is 0.410 e. The van der Waals surface area contributed by atoms with Crippen molar-refractivity contribution < 1.29 is 27.8 Å². The molecule has 0 saturated carbocycles. The molecule has 234 valence electrons. The Morgan fingerprint density at radius 1 is 0.907 bits per heavy atom. The average Bonchev–Trinajstić information content (AvgIpc) is 3.00. The van der Waals surface area contributed by atoms with Crippen molar-refractivity contribution in [3.63, 3.8) is 0 Å². The normalized spacial score (nSPS) is 18.7. The minimum Gasteiger partial charge on any atom is -0.444 e. The van der Waals surface area contributed by atoms with Gasteiger partial charge in [0.05, 0.1) is 18.8 Å². The molecule has 2 amide bonds. The molecule has 0 radical (unpaired) electrons. The van der Waals surface area contributed by atoms with Gasteiger partial charge in [0.15, 0.2) is 5.82 Å². The van der Waals surface area contributed by atoms with E-state index in [1.165, 1.54) is 6.20 Å². The number of anilines is 3. The number of carbonyl (C=O) groups is 2. The average molecular weight is 605 g/mol. The van der Waals surface area contributed by atoms with Crippen molar-refractivity contribution in [2.75, 3.05) is 81.1 Å². The Kier molecular flexibility index (Phi) is 9.03.